The minimum Gasteiger partial charge on any atom is -0.371 e. The first-order valence-corrected chi connectivity index (χ1v) is 5.94. The second kappa shape index (κ2) is 4.89. The molecule has 1 aromatic heterocycles. The number of nitrogens with zero attached hydrogens (tertiary/aromatic N) is 2. The Kier molecular flexibility index (Phi) is 3.51. The zero-order chi connectivity index (χ0) is 11.5. The lowest BCUT2D eigenvalue weighted by molar-refractivity contribution is 0.0532. The second-order valence-corrected chi connectivity index (χ2v) is 4.05. The Bertz CT molecular complexity index is 379. The normalized spacial score (nSPS) is 16.2. The molecule has 0 bridgehead atoms. The summed E-state index contributed by atoms with van der Waals surface area (Å²) in [6.07, 6.45) is 0.953. The Labute approximate surface area is 96.4 Å². The van der Waals surface area contributed by atoms with Gasteiger partial charge in [-0.3, -0.25) is 0 Å². The number of aromatic nitrogens is 2. The topological polar surface area (TPSA) is 47.0 Å². The fourth-order valence-electron chi connectivity index (χ4n) is 2.08. The summed E-state index contributed by atoms with van der Waals surface area (Å²) in [5.74, 6) is 0.837. The van der Waals surface area contributed by atoms with Crippen molar-refractivity contribution in [2.24, 2.45) is 0 Å². The molecule has 1 aromatic rings. The quantitative estimate of drug-likeness (QED) is 0.843. The van der Waals surface area contributed by atoms with E-state index in [9.17, 15) is 0 Å². The molecule has 16 heavy (non-hydrogen) atoms. The zero-order valence-electron chi connectivity index (χ0n) is 10.2. The van der Waals surface area contributed by atoms with Gasteiger partial charge in [0.15, 0.2) is 5.82 Å². The molecule has 88 valence electrons. The van der Waals surface area contributed by atoms with Gasteiger partial charge in [0.05, 0.1) is 5.69 Å². The maximum Gasteiger partial charge on any atom is 0.157 e. The van der Waals surface area contributed by atoms with Crippen LogP contribution in [-0.4, -0.2) is 16.6 Å². The summed E-state index contributed by atoms with van der Waals surface area (Å²) in [5, 5.41) is 3.30. The van der Waals surface area contributed by atoms with Crippen LogP contribution in [0.15, 0.2) is 0 Å². The SMILES string of the molecule is CCOC(CC)c1nc(C)c2c(n1)CNC2. The molecule has 1 unspecified atom stereocenters. The lowest BCUT2D eigenvalue weighted by atomic mass is 10.2. The third-order valence-corrected chi connectivity index (χ3v) is 2.94. The first kappa shape index (κ1) is 11.5. The molecule has 1 aliphatic rings. The summed E-state index contributed by atoms with van der Waals surface area (Å²) in [5.41, 5.74) is 3.49. The smallest absolute Gasteiger partial charge is 0.157 e. The van der Waals surface area contributed by atoms with Crippen LogP contribution >= 0.6 is 0 Å². The van der Waals surface area contributed by atoms with Crippen molar-refractivity contribution in [3.8, 4) is 0 Å². The average molecular weight is 221 g/mol. The summed E-state index contributed by atoms with van der Waals surface area (Å²) in [6.45, 7) is 8.61. The molecule has 0 fully saturated rings. The van der Waals surface area contributed by atoms with Crippen molar-refractivity contribution in [1.82, 2.24) is 15.3 Å². The maximum absolute atomic E-state index is 5.65. The van der Waals surface area contributed by atoms with Crippen molar-refractivity contribution in [1.29, 1.82) is 0 Å². The Balaban J connectivity index is 2.31. The minimum atomic E-state index is 0.0367. The minimum absolute atomic E-state index is 0.0367. The first-order chi connectivity index (χ1) is 7.76. The molecule has 1 N–H and O–H groups in total. The molecule has 4 heteroatoms. The van der Waals surface area contributed by atoms with Crippen LogP contribution in [0, 0.1) is 6.92 Å². The molecule has 0 amide bonds. The number of fused-ring (bicyclic) bond motifs is 1. The van der Waals surface area contributed by atoms with Gasteiger partial charge >= 0.3 is 0 Å². The standard InChI is InChI=1S/C12H19N3O/c1-4-11(16-5-2)12-14-8(3)9-6-13-7-10(9)15-12/h11,13H,4-7H2,1-3H3. The fourth-order valence-corrected chi connectivity index (χ4v) is 2.08. The highest BCUT2D eigenvalue weighted by molar-refractivity contribution is 5.28. The zero-order valence-corrected chi connectivity index (χ0v) is 10.2. The summed E-state index contributed by atoms with van der Waals surface area (Å²) in [6, 6.07) is 0. The Morgan fingerprint density at radius 3 is 2.81 bits per heavy atom. The van der Waals surface area contributed by atoms with E-state index in [0.29, 0.717) is 6.61 Å². The predicted molar refractivity (Wildman–Crippen MR) is 62.0 cm³/mol. The van der Waals surface area contributed by atoms with Gasteiger partial charge in [-0.25, -0.2) is 9.97 Å². The molecular formula is C12H19N3O. The Morgan fingerprint density at radius 1 is 1.31 bits per heavy atom. The lowest BCUT2D eigenvalue weighted by Crippen LogP contribution is -2.11. The molecule has 0 radical (unpaired) electrons. The highest BCUT2D eigenvalue weighted by Gasteiger charge is 2.20. The molecule has 0 aromatic carbocycles. The van der Waals surface area contributed by atoms with E-state index in [1.54, 1.807) is 0 Å². The predicted octanol–water partition coefficient (Wildman–Crippen LogP) is 1.88. The molecule has 1 atom stereocenters. The van der Waals surface area contributed by atoms with Crippen LogP contribution in [0.5, 0.6) is 0 Å². The van der Waals surface area contributed by atoms with E-state index in [1.807, 2.05) is 6.92 Å². The highest BCUT2D eigenvalue weighted by Crippen LogP contribution is 2.22. The monoisotopic (exact) mass is 221 g/mol. The lowest BCUT2D eigenvalue weighted by Gasteiger charge is -2.15. The van der Waals surface area contributed by atoms with Crippen molar-refractivity contribution in [3.63, 3.8) is 0 Å². The summed E-state index contributed by atoms with van der Waals surface area (Å²) < 4.78 is 5.65. The fraction of sp³-hybridized carbons (Fsp3) is 0.667. The van der Waals surface area contributed by atoms with Crippen LogP contribution in [0.4, 0.5) is 0 Å². The third kappa shape index (κ3) is 2.08. The summed E-state index contributed by atoms with van der Waals surface area (Å²) >= 11 is 0. The molecule has 1 aliphatic heterocycles. The van der Waals surface area contributed by atoms with Crippen LogP contribution < -0.4 is 5.32 Å². The van der Waals surface area contributed by atoms with Gasteiger partial charge in [-0.05, 0) is 20.3 Å². The Morgan fingerprint density at radius 2 is 2.12 bits per heavy atom. The van der Waals surface area contributed by atoms with E-state index < -0.39 is 0 Å². The van der Waals surface area contributed by atoms with Gasteiger partial charge in [-0.15, -0.1) is 0 Å². The molecule has 0 saturated carbocycles. The molecule has 0 aliphatic carbocycles. The van der Waals surface area contributed by atoms with E-state index in [0.717, 1.165) is 36.7 Å². The van der Waals surface area contributed by atoms with Crippen LogP contribution in [0.2, 0.25) is 0 Å². The van der Waals surface area contributed by atoms with Crippen LogP contribution in [0.3, 0.4) is 0 Å². The number of rotatable bonds is 4. The molecular weight excluding hydrogens is 202 g/mol. The van der Waals surface area contributed by atoms with E-state index in [1.165, 1.54) is 5.56 Å². The second-order valence-electron chi connectivity index (χ2n) is 4.05. The van der Waals surface area contributed by atoms with Crippen LogP contribution in [-0.2, 0) is 17.8 Å². The van der Waals surface area contributed by atoms with Gasteiger partial charge in [0.2, 0.25) is 0 Å². The molecule has 0 spiro atoms. The first-order valence-electron chi connectivity index (χ1n) is 5.94. The third-order valence-electron chi connectivity index (χ3n) is 2.94. The molecule has 2 rings (SSSR count). The molecule has 4 nitrogen and oxygen atoms in total. The van der Waals surface area contributed by atoms with Crippen LogP contribution in [0.1, 0.15) is 49.1 Å². The van der Waals surface area contributed by atoms with Crippen molar-refractivity contribution in [2.45, 2.75) is 46.4 Å². The van der Waals surface area contributed by atoms with E-state index >= 15 is 0 Å². The number of ether oxygens (including phenoxy) is 1. The Hall–Kier alpha value is -1.00. The van der Waals surface area contributed by atoms with Crippen molar-refractivity contribution >= 4 is 0 Å². The summed E-state index contributed by atoms with van der Waals surface area (Å²) in [7, 11) is 0. The largest absolute Gasteiger partial charge is 0.371 e. The van der Waals surface area contributed by atoms with E-state index in [4.69, 9.17) is 4.74 Å². The maximum atomic E-state index is 5.65. The van der Waals surface area contributed by atoms with Gasteiger partial charge in [0.1, 0.15) is 6.10 Å². The van der Waals surface area contributed by atoms with Crippen molar-refractivity contribution in [2.75, 3.05) is 6.61 Å². The number of hydrogen-bond donors (Lipinski definition) is 1. The number of hydrogen-bond acceptors (Lipinski definition) is 4. The van der Waals surface area contributed by atoms with Gasteiger partial charge < -0.3 is 10.1 Å². The van der Waals surface area contributed by atoms with Gasteiger partial charge in [0, 0.05) is 31.0 Å². The van der Waals surface area contributed by atoms with Crippen molar-refractivity contribution < 1.29 is 4.74 Å². The van der Waals surface area contributed by atoms with Gasteiger partial charge in [0.25, 0.3) is 0 Å². The van der Waals surface area contributed by atoms with E-state index in [-0.39, 0.29) is 6.10 Å². The van der Waals surface area contributed by atoms with Crippen LogP contribution in [0.25, 0.3) is 0 Å². The van der Waals surface area contributed by atoms with Crippen molar-refractivity contribution in [3.05, 3.63) is 22.8 Å². The highest BCUT2D eigenvalue weighted by atomic mass is 16.5. The van der Waals surface area contributed by atoms with Gasteiger partial charge in [-0.2, -0.15) is 0 Å². The van der Waals surface area contributed by atoms with E-state index in [2.05, 4.69) is 29.1 Å². The molecule has 2 heterocycles. The summed E-state index contributed by atoms with van der Waals surface area (Å²) in [4.78, 5) is 9.16. The molecule has 0 saturated heterocycles. The number of nitrogens with one attached hydrogen (secondary N) is 1. The average Bonchev–Trinajstić information content (AvgIpc) is 2.74. The number of aryl methyl sites for hydroxylation is 1. The van der Waals surface area contributed by atoms with Gasteiger partial charge in [-0.1, -0.05) is 6.92 Å².